The van der Waals surface area contributed by atoms with Gasteiger partial charge in [-0.25, -0.2) is 9.97 Å². The first-order valence-electron chi connectivity index (χ1n) is 9.31. The molecule has 0 bridgehead atoms. The molecule has 0 spiro atoms. The lowest BCUT2D eigenvalue weighted by Gasteiger charge is -2.32. The van der Waals surface area contributed by atoms with Gasteiger partial charge in [0.05, 0.1) is 16.9 Å². The second kappa shape index (κ2) is 7.40. The third-order valence-electron chi connectivity index (χ3n) is 5.40. The van der Waals surface area contributed by atoms with E-state index in [1.807, 2.05) is 45.9 Å². The lowest BCUT2D eigenvalue weighted by atomic mass is 9.87. The van der Waals surface area contributed by atoms with E-state index in [1.165, 1.54) is 22.6 Å². The number of likely N-dealkylation sites (tertiary alicyclic amines) is 1. The van der Waals surface area contributed by atoms with Gasteiger partial charge in [0, 0.05) is 45.5 Å². The maximum Gasteiger partial charge on any atom is 0.263 e. The number of imidazole rings is 1. The molecule has 27 heavy (non-hydrogen) atoms. The molecule has 3 aromatic heterocycles. The molecular formula is C20H25N5OS. The highest BCUT2D eigenvalue weighted by molar-refractivity contribution is 7.20. The minimum absolute atomic E-state index is 0.0883. The van der Waals surface area contributed by atoms with E-state index in [0.29, 0.717) is 5.92 Å². The minimum atomic E-state index is 0.0883. The van der Waals surface area contributed by atoms with Gasteiger partial charge in [0.25, 0.3) is 5.91 Å². The monoisotopic (exact) mass is 383 g/mol. The topological polar surface area (TPSA) is 54.3 Å². The van der Waals surface area contributed by atoms with Crippen LogP contribution in [0.2, 0.25) is 0 Å². The number of carbonyl (C=O) groups excluding carboxylic acids is 1. The number of thiophene rings is 1. The first-order chi connectivity index (χ1) is 13.0. The van der Waals surface area contributed by atoms with Crippen molar-refractivity contribution in [2.75, 3.05) is 27.2 Å². The average Bonchev–Trinajstić information content (AvgIpc) is 3.25. The zero-order valence-electron chi connectivity index (χ0n) is 16.1. The predicted molar refractivity (Wildman–Crippen MR) is 108 cm³/mol. The quantitative estimate of drug-likeness (QED) is 0.695. The summed E-state index contributed by atoms with van der Waals surface area (Å²) in [5.74, 6) is 0.495. The number of hydrogen-bond donors (Lipinski definition) is 0. The van der Waals surface area contributed by atoms with Crippen LogP contribution in [0.3, 0.4) is 0 Å². The van der Waals surface area contributed by atoms with Crippen LogP contribution >= 0.6 is 11.3 Å². The molecule has 142 valence electrons. The summed E-state index contributed by atoms with van der Waals surface area (Å²) in [5.41, 5.74) is 2.45. The number of hydrogen-bond acceptors (Lipinski definition) is 5. The highest BCUT2D eigenvalue weighted by Gasteiger charge is 2.29. The zero-order chi connectivity index (χ0) is 19.0. The molecule has 6 nitrogen and oxygen atoms in total. The van der Waals surface area contributed by atoms with Crippen LogP contribution in [0.4, 0.5) is 0 Å². The van der Waals surface area contributed by atoms with E-state index >= 15 is 0 Å². The molecule has 0 unspecified atom stereocenters. The van der Waals surface area contributed by atoms with Gasteiger partial charge in [0.15, 0.2) is 0 Å². The van der Waals surface area contributed by atoms with E-state index in [2.05, 4.69) is 25.5 Å². The van der Waals surface area contributed by atoms with Crippen LogP contribution in [0, 0.1) is 0 Å². The summed E-state index contributed by atoms with van der Waals surface area (Å²) in [4.78, 5) is 27.5. The summed E-state index contributed by atoms with van der Waals surface area (Å²) in [5, 5.41) is 1.15. The van der Waals surface area contributed by atoms with Crippen LogP contribution in [0.5, 0.6) is 0 Å². The van der Waals surface area contributed by atoms with Crippen LogP contribution in [-0.2, 0) is 13.6 Å². The molecule has 1 fully saturated rings. The third kappa shape index (κ3) is 3.49. The van der Waals surface area contributed by atoms with E-state index in [-0.39, 0.29) is 5.91 Å². The molecular weight excluding hydrogens is 358 g/mol. The molecule has 0 N–H and O–H groups in total. The van der Waals surface area contributed by atoms with Crippen LogP contribution < -0.4 is 0 Å². The molecule has 1 saturated heterocycles. The van der Waals surface area contributed by atoms with Crippen molar-refractivity contribution in [2.45, 2.75) is 25.3 Å². The number of piperidine rings is 1. The molecule has 0 saturated carbocycles. The molecule has 1 aliphatic heterocycles. The Morgan fingerprint density at radius 2 is 2.11 bits per heavy atom. The highest BCUT2D eigenvalue weighted by atomic mass is 32.1. The Bertz CT molecular complexity index is 952. The fourth-order valence-electron chi connectivity index (χ4n) is 3.86. The lowest BCUT2D eigenvalue weighted by molar-refractivity contribution is 0.0830. The molecule has 4 heterocycles. The SMILES string of the molecule is CN(C)C(=O)c1sc2ncccc2c1C1CCN(Cc2cncn2C)CC1. The van der Waals surface area contributed by atoms with Gasteiger partial charge >= 0.3 is 0 Å². The average molecular weight is 384 g/mol. The van der Waals surface area contributed by atoms with Crippen molar-refractivity contribution in [1.29, 1.82) is 0 Å². The summed E-state index contributed by atoms with van der Waals surface area (Å²) >= 11 is 1.53. The number of fused-ring (bicyclic) bond motifs is 1. The van der Waals surface area contributed by atoms with Gasteiger partial charge in [-0.05, 0) is 43.5 Å². The number of aryl methyl sites for hydroxylation is 1. The van der Waals surface area contributed by atoms with Crippen LogP contribution in [0.25, 0.3) is 10.2 Å². The fourth-order valence-corrected chi connectivity index (χ4v) is 5.12. The maximum absolute atomic E-state index is 12.8. The standard InChI is InChI=1S/C20H25N5OS/c1-23(2)20(26)18-17(16-5-4-8-22-19(16)27-18)14-6-9-25(10-7-14)12-15-11-21-13-24(15)3/h4-5,8,11,13-14H,6-7,9-10,12H2,1-3H3. The van der Waals surface area contributed by atoms with E-state index in [1.54, 1.807) is 4.90 Å². The van der Waals surface area contributed by atoms with Crippen LogP contribution in [-0.4, -0.2) is 57.4 Å². The summed E-state index contributed by atoms with van der Waals surface area (Å²) in [6.45, 7) is 2.99. The van der Waals surface area contributed by atoms with Gasteiger partial charge in [0.1, 0.15) is 4.83 Å². The number of nitrogens with zero attached hydrogens (tertiary/aromatic N) is 5. The Balaban J connectivity index is 1.57. The van der Waals surface area contributed by atoms with Crippen molar-refractivity contribution in [2.24, 2.45) is 7.05 Å². The van der Waals surface area contributed by atoms with Crippen molar-refractivity contribution in [3.63, 3.8) is 0 Å². The Kier molecular flexibility index (Phi) is 4.97. The maximum atomic E-state index is 12.8. The second-order valence-electron chi connectivity index (χ2n) is 7.45. The number of carbonyl (C=O) groups is 1. The number of amides is 1. The summed E-state index contributed by atoms with van der Waals surface area (Å²) in [6.07, 6.45) is 7.73. The van der Waals surface area contributed by atoms with Gasteiger partial charge < -0.3 is 9.47 Å². The first-order valence-corrected chi connectivity index (χ1v) is 10.1. The van der Waals surface area contributed by atoms with Crippen molar-refractivity contribution >= 4 is 27.5 Å². The second-order valence-corrected chi connectivity index (χ2v) is 8.45. The molecule has 0 radical (unpaired) electrons. The third-order valence-corrected chi connectivity index (χ3v) is 6.52. The molecule has 0 atom stereocenters. The van der Waals surface area contributed by atoms with E-state index in [0.717, 1.165) is 47.6 Å². The number of aromatic nitrogens is 3. The van der Waals surface area contributed by atoms with Gasteiger partial charge in [-0.15, -0.1) is 11.3 Å². The van der Waals surface area contributed by atoms with Crippen LogP contribution in [0.15, 0.2) is 30.9 Å². The molecule has 0 aliphatic carbocycles. The van der Waals surface area contributed by atoms with Gasteiger partial charge in [-0.3, -0.25) is 9.69 Å². The smallest absolute Gasteiger partial charge is 0.263 e. The summed E-state index contributed by atoms with van der Waals surface area (Å²) in [7, 11) is 5.68. The molecule has 3 aromatic rings. The minimum Gasteiger partial charge on any atom is -0.344 e. The Morgan fingerprint density at radius 1 is 1.33 bits per heavy atom. The van der Waals surface area contributed by atoms with Crippen molar-refractivity contribution in [1.82, 2.24) is 24.3 Å². The van der Waals surface area contributed by atoms with Gasteiger partial charge in [0.2, 0.25) is 0 Å². The molecule has 1 amide bonds. The Hall–Kier alpha value is -2.25. The molecule has 1 aliphatic rings. The molecule has 4 rings (SSSR count). The Morgan fingerprint density at radius 3 is 2.78 bits per heavy atom. The van der Waals surface area contributed by atoms with E-state index < -0.39 is 0 Å². The van der Waals surface area contributed by atoms with Crippen molar-refractivity contribution in [3.05, 3.63) is 47.0 Å². The van der Waals surface area contributed by atoms with Gasteiger partial charge in [-0.2, -0.15) is 0 Å². The van der Waals surface area contributed by atoms with Crippen molar-refractivity contribution < 1.29 is 4.79 Å². The van der Waals surface area contributed by atoms with E-state index in [4.69, 9.17) is 0 Å². The number of pyridine rings is 1. The molecule has 0 aromatic carbocycles. The summed E-state index contributed by atoms with van der Waals surface area (Å²) < 4.78 is 2.08. The van der Waals surface area contributed by atoms with Crippen LogP contribution in [0.1, 0.15) is 39.7 Å². The summed E-state index contributed by atoms with van der Waals surface area (Å²) in [6, 6.07) is 4.09. The van der Waals surface area contributed by atoms with Gasteiger partial charge in [-0.1, -0.05) is 6.07 Å². The normalized spacial score (nSPS) is 16.1. The lowest BCUT2D eigenvalue weighted by Crippen LogP contribution is -2.33. The fraction of sp³-hybridized carbons (Fsp3) is 0.450. The van der Waals surface area contributed by atoms with Crippen molar-refractivity contribution in [3.8, 4) is 0 Å². The highest BCUT2D eigenvalue weighted by Crippen LogP contribution is 2.40. The first kappa shape index (κ1) is 18.1. The number of rotatable bonds is 4. The zero-order valence-corrected chi connectivity index (χ0v) is 16.9. The predicted octanol–water partition coefficient (Wildman–Crippen LogP) is 3.11. The largest absolute Gasteiger partial charge is 0.344 e. The molecule has 7 heteroatoms. The Labute approximate surface area is 163 Å². The van der Waals surface area contributed by atoms with E-state index in [9.17, 15) is 4.79 Å².